The van der Waals surface area contributed by atoms with Crippen molar-refractivity contribution in [3.63, 3.8) is 0 Å². The molecule has 19 heavy (non-hydrogen) atoms. The van der Waals surface area contributed by atoms with E-state index in [9.17, 15) is 0 Å². The van der Waals surface area contributed by atoms with Crippen molar-refractivity contribution in [2.24, 2.45) is 0 Å². The van der Waals surface area contributed by atoms with E-state index in [-0.39, 0.29) is 0 Å². The summed E-state index contributed by atoms with van der Waals surface area (Å²) >= 11 is 5.53. The van der Waals surface area contributed by atoms with Gasteiger partial charge in [-0.3, -0.25) is 4.98 Å². The highest BCUT2D eigenvalue weighted by molar-refractivity contribution is 9.10. The minimum Gasteiger partial charge on any atom is -0.264 e. The Bertz CT molecular complexity index is 540. The van der Waals surface area contributed by atoms with Gasteiger partial charge in [0.25, 0.3) is 0 Å². The Labute approximate surface area is 128 Å². The van der Waals surface area contributed by atoms with Crippen LogP contribution in [0.5, 0.6) is 0 Å². The molecule has 0 aliphatic heterocycles. The van der Waals surface area contributed by atoms with Gasteiger partial charge in [-0.25, -0.2) is 0 Å². The average Bonchev–Trinajstić information content (AvgIpc) is 2.46. The second-order valence-electron chi connectivity index (χ2n) is 4.35. The molecule has 1 heterocycles. The Morgan fingerprint density at radius 3 is 2.58 bits per heavy atom. The maximum Gasteiger partial charge on any atom is 0.0404 e. The van der Waals surface area contributed by atoms with Gasteiger partial charge < -0.3 is 0 Å². The molecule has 0 bridgehead atoms. The molecule has 0 fully saturated rings. The lowest BCUT2D eigenvalue weighted by molar-refractivity contribution is 1.03. The molecule has 0 unspecified atom stereocenters. The van der Waals surface area contributed by atoms with Gasteiger partial charge in [-0.15, -0.1) is 11.8 Å². The maximum absolute atomic E-state index is 4.17. The van der Waals surface area contributed by atoms with Crippen LogP contribution in [0.2, 0.25) is 0 Å². The Morgan fingerprint density at radius 2 is 1.95 bits per heavy atom. The number of aryl methyl sites for hydroxylation is 1. The SMILES string of the molecule is CCc1ccc(Br)c(CC)c1CSc1cccnc1. The van der Waals surface area contributed by atoms with Crippen LogP contribution in [0.4, 0.5) is 0 Å². The molecule has 0 saturated carbocycles. The lowest BCUT2D eigenvalue weighted by Crippen LogP contribution is -1.98. The minimum atomic E-state index is 1.01. The third-order valence-corrected chi connectivity index (χ3v) is 4.97. The molecule has 1 aromatic heterocycles. The van der Waals surface area contributed by atoms with Crippen molar-refractivity contribution in [2.75, 3.05) is 0 Å². The number of pyridine rings is 1. The van der Waals surface area contributed by atoms with Gasteiger partial charge in [0.15, 0.2) is 0 Å². The van der Waals surface area contributed by atoms with Crippen molar-refractivity contribution < 1.29 is 0 Å². The fourth-order valence-corrected chi connectivity index (χ4v) is 3.83. The van der Waals surface area contributed by atoms with Crippen molar-refractivity contribution in [1.82, 2.24) is 4.98 Å². The molecule has 0 saturated heterocycles. The highest BCUT2D eigenvalue weighted by Gasteiger charge is 2.10. The van der Waals surface area contributed by atoms with Crippen molar-refractivity contribution >= 4 is 27.7 Å². The van der Waals surface area contributed by atoms with Crippen LogP contribution in [0, 0.1) is 0 Å². The van der Waals surface area contributed by atoms with E-state index in [2.05, 4.69) is 53.0 Å². The van der Waals surface area contributed by atoms with E-state index in [0.29, 0.717) is 0 Å². The second-order valence-corrected chi connectivity index (χ2v) is 6.25. The fourth-order valence-electron chi connectivity index (χ4n) is 2.19. The molecule has 3 heteroatoms. The number of halogens is 1. The number of nitrogens with zero attached hydrogens (tertiary/aromatic N) is 1. The van der Waals surface area contributed by atoms with E-state index >= 15 is 0 Å². The van der Waals surface area contributed by atoms with Gasteiger partial charge in [0, 0.05) is 27.5 Å². The van der Waals surface area contributed by atoms with Gasteiger partial charge in [0.05, 0.1) is 0 Å². The molecular weight excluding hydrogens is 318 g/mol. The third kappa shape index (κ3) is 3.61. The molecule has 0 atom stereocenters. The highest BCUT2D eigenvalue weighted by atomic mass is 79.9. The van der Waals surface area contributed by atoms with Gasteiger partial charge in [-0.2, -0.15) is 0 Å². The van der Waals surface area contributed by atoms with Crippen molar-refractivity contribution in [3.05, 3.63) is 57.8 Å². The van der Waals surface area contributed by atoms with Gasteiger partial charge in [-0.05, 0) is 47.7 Å². The monoisotopic (exact) mass is 335 g/mol. The Balaban J connectivity index is 2.25. The van der Waals surface area contributed by atoms with Crippen molar-refractivity contribution in [3.8, 4) is 0 Å². The summed E-state index contributed by atoms with van der Waals surface area (Å²) in [6.07, 6.45) is 5.90. The third-order valence-electron chi connectivity index (χ3n) is 3.22. The van der Waals surface area contributed by atoms with Gasteiger partial charge >= 0.3 is 0 Å². The zero-order chi connectivity index (χ0) is 13.7. The van der Waals surface area contributed by atoms with Crippen LogP contribution >= 0.6 is 27.7 Å². The second kappa shape index (κ2) is 7.11. The Hall–Kier alpha value is -0.800. The number of benzene rings is 1. The zero-order valence-corrected chi connectivity index (χ0v) is 13.7. The number of hydrogen-bond donors (Lipinski definition) is 0. The average molecular weight is 336 g/mol. The summed E-state index contributed by atoms with van der Waals surface area (Å²) in [4.78, 5) is 5.40. The van der Waals surface area contributed by atoms with Gasteiger partial charge in [-0.1, -0.05) is 35.8 Å². The lowest BCUT2D eigenvalue weighted by atomic mass is 9.99. The van der Waals surface area contributed by atoms with E-state index < -0.39 is 0 Å². The van der Waals surface area contributed by atoms with Crippen LogP contribution < -0.4 is 0 Å². The first kappa shape index (κ1) is 14.6. The van der Waals surface area contributed by atoms with E-state index in [1.807, 2.05) is 30.2 Å². The quantitative estimate of drug-likeness (QED) is 0.691. The summed E-state index contributed by atoms with van der Waals surface area (Å²) in [6, 6.07) is 8.52. The molecule has 1 nitrogen and oxygen atoms in total. The number of rotatable bonds is 5. The number of aromatic nitrogens is 1. The predicted molar refractivity (Wildman–Crippen MR) is 86.7 cm³/mol. The summed E-state index contributed by atoms with van der Waals surface area (Å²) in [5, 5.41) is 0. The molecular formula is C16H18BrNS. The molecule has 0 aliphatic rings. The molecule has 0 amide bonds. The van der Waals surface area contributed by atoms with Crippen LogP contribution in [0.25, 0.3) is 0 Å². The van der Waals surface area contributed by atoms with E-state index in [1.54, 1.807) is 0 Å². The normalized spacial score (nSPS) is 10.7. The predicted octanol–water partition coefficient (Wildman–Crippen LogP) is 5.26. The topological polar surface area (TPSA) is 12.9 Å². The fraction of sp³-hybridized carbons (Fsp3) is 0.312. The zero-order valence-electron chi connectivity index (χ0n) is 11.3. The highest BCUT2D eigenvalue weighted by Crippen LogP contribution is 2.30. The molecule has 0 spiro atoms. The molecule has 2 rings (SSSR count). The van der Waals surface area contributed by atoms with E-state index in [0.717, 1.165) is 18.6 Å². The van der Waals surface area contributed by atoms with Crippen molar-refractivity contribution in [1.29, 1.82) is 0 Å². The van der Waals surface area contributed by atoms with Crippen LogP contribution in [-0.4, -0.2) is 4.98 Å². The first-order valence-corrected chi connectivity index (χ1v) is 8.36. The van der Waals surface area contributed by atoms with E-state index in [4.69, 9.17) is 0 Å². The molecule has 0 aliphatic carbocycles. The van der Waals surface area contributed by atoms with Crippen molar-refractivity contribution in [2.45, 2.75) is 37.3 Å². The first-order chi connectivity index (χ1) is 9.26. The molecule has 0 N–H and O–H groups in total. The lowest BCUT2D eigenvalue weighted by Gasteiger charge is -2.14. The summed E-state index contributed by atoms with van der Waals surface area (Å²) in [7, 11) is 0. The summed E-state index contributed by atoms with van der Waals surface area (Å²) < 4.78 is 1.23. The molecule has 1 aromatic carbocycles. The maximum atomic E-state index is 4.17. The van der Waals surface area contributed by atoms with E-state index in [1.165, 1.54) is 26.1 Å². The smallest absolute Gasteiger partial charge is 0.0404 e. The van der Waals surface area contributed by atoms with Crippen LogP contribution in [-0.2, 0) is 18.6 Å². The number of hydrogen-bond acceptors (Lipinski definition) is 2. The summed E-state index contributed by atoms with van der Waals surface area (Å²) in [6.45, 7) is 4.44. The van der Waals surface area contributed by atoms with Crippen LogP contribution in [0.15, 0.2) is 46.0 Å². The molecule has 2 aromatic rings. The molecule has 100 valence electrons. The largest absolute Gasteiger partial charge is 0.264 e. The van der Waals surface area contributed by atoms with Crippen LogP contribution in [0.3, 0.4) is 0 Å². The van der Waals surface area contributed by atoms with Crippen LogP contribution in [0.1, 0.15) is 30.5 Å². The Kier molecular flexibility index (Phi) is 5.46. The molecule has 0 radical (unpaired) electrons. The Morgan fingerprint density at radius 1 is 1.11 bits per heavy atom. The standard InChI is InChI=1S/C16H18BrNS/c1-3-12-7-8-16(17)14(4-2)15(12)11-19-13-6-5-9-18-10-13/h5-10H,3-4,11H2,1-2H3. The summed E-state index contributed by atoms with van der Waals surface area (Å²) in [5.41, 5.74) is 4.38. The minimum absolute atomic E-state index is 1.01. The number of thioether (sulfide) groups is 1. The summed E-state index contributed by atoms with van der Waals surface area (Å²) in [5.74, 6) is 1.01. The van der Waals surface area contributed by atoms with Gasteiger partial charge in [0.2, 0.25) is 0 Å². The van der Waals surface area contributed by atoms with Gasteiger partial charge in [0.1, 0.15) is 0 Å². The first-order valence-electron chi connectivity index (χ1n) is 6.58.